The average molecular weight is 436 g/mol. The van der Waals surface area contributed by atoms with Crippen LogP contribution in [0.5, 0.6) is 0 Å². The molecule has 2 fully saturated rings. The van der Waals surface area contributed by atoms with Gasteiger partial charge in [-0.3, -0.25) is 9.79 Å². The van der Waals surface area contributed by atoms with Crippen LogP contribution in [0.15, 0.2) is 4.99 Å². The highest BCUT2D eigenvalue weighted by Crippen LogP contribution is 2.28. The summed E-state index contributed by atoms with van der Waals surface area (Å²) < 4.78 is 0. The Morgan fingerprint density at radius 1 is 1.22 bits per heavy atom. The van der Waals surface area contributed by atoms with E-state index < -0.39 is 0 Å². The number of likely N-dealkylation sites (tertiary alicyclic amines) is 1. The number of nitrogens with zero attached hydrogens (tertiary/aromatic N) is 2. The van der Waals surface area contributed by atoms with Gasteiger partial charge in [0.1, 0.15) is 0 Å². The molecule has 2 aliphatic rings. The molecular formula is C17H33IN4O. The fourth-order valence-electron chi connectivity index (χ4n) is 3.93. The van der Waals surface area contributed by atoms with E-state index in [0.717, 1.165) is 44.4 Å². The Labute approximate surface area is 157 Å². The van der Waals surface area contributed by atoms with Crippen molar-refractivity contribution >= 4 is 35.8 Å². The maximum Gasteiger partial charge on any atom is 0.217 e. The Kier molecular flexibility index (Phi) is 9.90. The molecule has 3 N–H and O–H groups in total. The number of nitrogens with two attached hydrogens (primary N) is 1. The Morgan fingerprint density at radius 2 is 1.91 bits per heavy atom. The van der Waals surface area contributed by atoms with Crippen LogP contribution in [0.4, 0.5) is 0 Å². The van der Waals surface area contributed by atoms with E-state index in [0.29, 0.717) is 12.3 Å². The number of aliphatic imine (C=N–C) groups is 1. The van der Waals surface area contributed by atoms with Crippen LogP contribution in [-0.4, -0.2) is 43.4 Å². The summed E-state index contributed by atoms with van der Waals surface area (Å²) in [4.78, 5) is 17.8. The molecule has 0 aromatic rings. The fourth-order valence-corrected chi connectivity index (χ4v) is 3.93. The lowest BCUT2D eigenvalue weighted by Gasteiger charge is -2.34. The van der Waals surface area contributed by atoms with Gasteiger partial charge in [0.05, 0.1) is 0 Å². The topological polar surface area (TPSA) is 70.7 Å². The molecule has 1 heterocycles. The zero-order valence-electron chi connectivity index (χ0n) is 14.4. The molecule has 1 atom stereocenters. The average Bonchev–Trinajstić information content (AvgIpc) is 3.00. The van der Waals surface area contributed by atoms with Gasteiger partial charge in [0.2, 0.25) is 5.91 Å². The summed E-state index contributed by atoms with van der Waals surface area (Å²) in [6.45, 7) is 2.92. The summed E-state index contributed by atoms with van der Waals surface area (Å²) in [5, 5.41) is 3.50. The van der Waals surface area contributed by atoms with Crippen LogP contribution in [0.2, 0.25) is 0 Å². The number of guanidine groups is 1. The van der Waals surface area contributed by atoms with Crippen LogP contribution >= 0.6 is 24.0 Å². The third kappa shape index (κ3) is 7.27. The van der Waals surface area contributed by atoms with Crippen molar-refractivity contribution in [2.75, 3.05) is 26.7 Å². The lowest BCUT2D eigenvalue weighted by atomic mass is 9.95. The molecule has 1 saturated carbocycles. The molecule has 0 bridgehead atoms. The molecule has 1 amide bonds. The SMILES string of the molecule is CN=C(NCCCC1CCCC1)N1CCCC(CC(N)=O)C1.I. The summed E-state index contributed by atoms with van der Waals surface area (Å²) in [5.74, 6) is 2.13. The van der Waals surface area contributed by atoms with E-state index in [4.69, 9.17) is 5.73 Å². The number of hydrogen-bond acceptors (Lipinski definition) is 2. The number of piperidine rings is 1. The summed E-state index contributed by atoms with van der Waals surface area (Å²) in [6, 6.07) is 0. The summed E-state index contributed by atoms with van der Waals surface area (Å²) in [6.07, 6.45) is 11.0. The first-order valence-corrected chi connectivity index (χ1v) is 8.93. The van der Waals surface area contributed by atoms with Crippen LogP contribution in [0.3, 0.4) is 0 Å². The van der Waals surface area contributed by atoms with E-state index in [9.17, 15) is 4.79 Å². The van der Waals surface area contributed by atoms with E-state index in [-0.39, 0.29) is 29.9 Å². The van der Waals surface area contributed by atoms with E-state index in [1.807, 2.05) is 7.05 Å². The van der Waals surface area contributed by atoms with Crippen molar-refractivity contribution in [1.82, 2.24) is 10.2 Å². The van der Waals surface area contributed by atoms with E-state index in [1.165, 1.54) is 38.5 Å². The zero-order chi connectivity index (χ0) is 15.8. The van der Waals surface area contributed by atoms with Gasteiger partial charge in [0.25, 0.3) is 0 Å². The number of rotatable bonds is 6. The maximum atomic E-state index is 11.1. The summed E-state index contributed by atoms with van der Waals surface area (Å²) in [7, 11) is 1.84. The molecule has 134 valence electrons. The van der Waals surface area contributed by atoms with E-state index in [1.54, 1.807) is 0 Å². The first-order chi connectivity index (χ1) is 10.7. The molecule has 2 rings (SSSR count). The normalized spacial score (nSPS) is 22.7. The van der Waals surface area contributed by atoms with Crippen LogP contribution in [0, 0.1) is 11.8 Å². The number of halogens is 1. The van der Waals surface area contributed by atoms with Crippen molar-refractivity contribution in [3.63, 3.8) is 0 Å². The van der Waals surface area contributed by atoms with Gasteiger partial charge < -0.3 is 16.0 Å². The number of nitrogens with one attached hydrogen (secondary N) is 1. The minimum Gasteiger partial charge on any atom is -0.370 e. The largest absolute Gasteiger partial charge is 0.370 e. The Balaban J connectivity index is 0.00000264. The summed E-state index contributed by atoms with van der Waals surface area (Å²) >= 11 is 0. The fraction of sp³-hybridized carbons (Fsp3) is 0.882. The highest BCUT2D eigenvalue weighted by atomic mass is 127. The van der Waals surface area contributed by atoms with E-state index in [2.05, 4.69) is 15.2 Å². The molecule has 1 saturated heterocycles. The Morgan fingerprint density at radius 3 is 2.57 bits per heavy atom. The van der Waals surface area contributed by atoms with Crippen molar-refractivity contribution in [3.8, 4) is 0 Å². The van der Waals surface area contributed by atoms with Crippen molar-refractivity contribution in [1.29, 1.82) is 0 Å². The standard InChI is InChI=1S/C17H32N4O.HI/c1-19-17(20-10-4-8-14-6-2-3-7-14)21-11-5-9-15(13-21)12-16(18)22;/h14-15H,2-13H2,1H3,(H2,18,22)(H,19,20);1H. The monoisotopic (exact) mass is 436 g/mol. The predicted octanol–water partition coefficient (Wildman–Crippen LogP) is 2.74. The summed E-state index contributed by atoms with van der Waals surface area (Å²) in [5.41, 5.74) is 5.33. The number of carbonyl (C=O) groups excluding carboxylic acids is 1. The van der Waals surface area contributed by atoms with Crippen molar-refractivity contribution in [2.24, 2.45) is 22.6 Å². The van der Waals surface area contributed by atoms with Crippen molar-refractivity contribution in [2.45, 2.75) is 57.8 Å². The molecule has 1 aliphatic heterocycles. The van der Waals surface area contributed by atoms with Gasteiger partial charge >= 0.3 is 0 Å². The first-order valence-electron chi connectivity index (χ1n) is 8.93. The van der Waals surface area contributed by atoms with Crippen LogP contribution in [0.1, 0.15) is 57.8 Å². The molecule has 0 radical (unpaired) electrons. The van der Waals surface area contributed by atoms with Gasteiger partial charge in [-0.15, -0.1) is 24.0 Å². The smallest absolute Gasteiger partial charge is 0.217 e. The highest BCUT2D eigenvalue weighted by Gasteiger charge is 2.23. The van der Waals surface area contributed by atoms with Gasteiger partial charge in [-0.2, -0.15) is 0 Å². The van der Waals surface area contributed by atoms with Crippen LogP contribution in [0.25, 0.3) is 0 Å². The quantitative estimate of drug-likeness (QED) is 0.291. The van der Waals surface area contributed by atoms with Crippen LogP contribution < -0.4 is 11.1 Å². The molecule has 23 heavy (non-hydrogen) atoms. The maximum absolute atomic E-state index is 11.1. The second kappa shape index (κ2) is 11.1. The number of amides is 1. The zero-order valence-corrected chi connectivity index (χ0v) is 16.8. The molecular weight excluding hydrogens is 403 g/mol. The van der Waals surface area contributed by atoms with Crippen LogP contribution in [-0.2, 0) is 4.79 Å². The van der Waals surface area contributed by atoms with Crippen molar-refractivity contribution in [3.05, 3.63) is 0 Å². The second-order valence-corrected chi connectivity index (χ2v) is 6.89. The van der Waals surface area contributed by atoms with Crippen molar-refractivity contribution < 1.29 is 4.79 Å². The third-order valence-corrected chi connectivity index (χ3v) is 5.07. The molecule has 0 spiro atoms. The first kappa shape index (κ1) is 20.5. The Bertz CT molecular complexity index is 383. The van der Waals surface area contributed by atoms with Gasteiger partial charge in [0.15, 0.2) is 5.96 Å². The Hall–Kier alpha value is -0.530. The molecule has 0 aromatic heterocycles. The molecule has 1 aliphatic carbocycles. The molecule has 5 nitrogen and oxygen atoms in total. The molecule has 1 unspecified atom stereocenters. The highest BCUT2D eigenvalue weighted by molar-refractivity contribution is 14.0. The minimum absolute atomic E-state index is 0. The predicted molar refractivity (Wildman–Crippen MR) is 106 cm³/mol. The van der Waals surface area contributed by atoms with Gasteiger partial charge in [-0.25, -0.2) is 0 Å². The third-order valence-electron chi connectivity index (χ3n) is 5.07. The van der Waals surface area contributed by atoms with Gasteiger partial charge in [-0.1, -0.05) is 25.7 Å². The number of carbonyl (C=O) groups is 1. The lowest BCUT2D eigenvalue weighted by molar-refractivity contribution is -0.119. The lowest BCUT2D eigenvalue weighted by Crippen LogP contribution is -2.47. The van der Waals surface area contributed by atoms with Gasteiger partial charge in [0, 0.05) is 33.1 Å². The number of primary amides is 1. The minimum atomic E-state index is -0.189. The second-order valence-electron chi connectivity index (χ2n) is 6.89. The number of hydrogen-bond donors (Lipinski definition) is 2. The molecule has 0 aromatic carbocycles. The molecule has 6 heteroatoms. The van der Waals surface area contributed by atoms with Gasteiger partial charge in [-0.05, 0) is 37.5 Å². The van der Waals surface area contributed by atoms with E-state index >= 15 is 0 Å².